The first-order valence-corrected chi connectivity index (χ1v) is 10.7. The lowest BCUT2D eigenvalue weighted by molar-refractivity contribution is 0.124. The van der Waals surface area contributed by atoms with Crippen LogP contribution in [0, 0.1) is 5.92 Å². The van der Waals surface area contributed by atoms with E-state index in [1.807, 2.05) is 7.05 Å². The number of nitrogens with one attached hydrogen (secondary N) is 1. The van der Waals surface area contributed by atoms with Crippen LogP contribution in [0.15, 0.2) is 4.99 Å². The molecule has 2 saturated heterocycles. The number of hydrogen-bond donors (Lipinski definition) is 1. The molecule has 2 rings (SSSR count). The minimum atomic E-state index is 0.649. The Morgan fingerprint density at radius 2 is 1.88 bits per heavy atom. The Labute approximate surface area is 153 Å². The fourth-order valence-corrected chi connectivity index (χ4v) is 4.73. The number of nitrogens with zero attached hydrogens (tertiary/aromatic N) is 4. The van der Waals surface area contributed by atoms with E-state index in [2.05, 4.69) is 57.5 Å². The fourth-order valence-electron chi connectivity index (χ4n) is 3.55. The van der Waals surface area contributed by atoms with Gasteiger partial charge in [0.15, 0.2) is 5.96 Å². The highest BCUT2D eigenvalue weighted by molar-refractivity contribution is 8.00. The second kappa shape index (κ2) is 10.5. The molecule has 0 radical (unpaired) electrons. The number of thioether (sulfide) groups is 1. The molecule has 0 bridgehead atoms. The van der Waals surface area contributed by atoms with E-state index in [1.54, 1.807) is 0 Å². The van der Waals surface area contributed by atoms with E-state index < -0.39 is 0 Å². The molecule has 6 heteroatoms. The topological polar surface area (TPSA) is 34.1 Å². The van der Waals surface area contributed by atoms with Crippen molar-refractivity contribution in [3.63, 3.8) is 0 Å². The number of aliphatic imine (C=N–C) groups is 1. The van der Waals surface area contributed by atoms with Gasteiger partial charge in [0.25, 0.3) is 0 Å². The largest absolute Gasteiger partial charge is 0.356 e. The van der Waals surface area contributed by atoms with Crippen molar-refractivity contribution < 1.29 is 0 Å². The van der Waals surface area contributed by atoms with E-state index >= 15 is 0 Å². The molecule has 0 aromatic heterocycles. The monoisotopic (exact) mass is 355 g/mol. The molecule has 2 aliphatic heterocycles. The summed E-state index contributed by atoms with van der Waals surface area (Å²) in [5, 5.41) is 4.38. The molecular weight excluding hydrogens is 318 g/mol. The maximum atomic E-state index is 4.52. The zero-order valence-corrected chi connectivity index (χ0v) is 16.9. The summed E-state index contributed by atoms with van der Waals surface area (Å²) < 4.78 is 0. The normalized spacial score (nSPS) is 25.8. The third-order valence-corrected chi connectivity index (χ3v) is 6.57. The number of likely N-dealkylation sites (N-methyl/N-ethyl adjacent to an activating group) is 1. The molecule has 0 aromatic rings. The maximum Gasteiger partial charge on any atom is 0.193 e. The van der Waals surface area contributed by atoms with Crippen LogP contribution in [0.25, 0.3) is 0 Å². The van der Waals surface area contributed by atoms with Crippen LogP contribution in [-0.2, 0) is 0 Å². The van der Waals surface area contributed by atoms with Gasteiger partial charge in [-0.05, 0) is 18.9 Å². The maximum absolute atomic E-state index is 4.52. The van der Waals surface area contributed by atoms with Gasteiger partial charge in [0, 0.05) is 70.4 Å². The van der Waals surface area contributed by atoms with Crippen molar-refractivity contribution in [2.24, 2.45) is 10.9 Å². The van der Waals surface area contributed by atoms with E-state index in [9.17, 15) is 0 Å². The van der Waals surface area contributed by atoms with Crippen LogP contribution in [0.2, 0.25) is 0 Å². The molecule has 2 heterocycles. The van der Waals surface area contributed by atoms with Crippen molar-refractivity contribution in [1.82, 2.24) is 20.0 Å². The standard InChI is InChI=1S/C18H37N5S/c1-5-17-15-23(11-12-24-17)18(19-4)20-13-16(3)14-22-9-7-21(6-2)8-10-22/h16-17H,5-15H2,1-4H3,(H,19,20). The minimum Gasteiger partial charge on any atom is -0.356 e. The first kappa shape index (κ1) is 19.9. The highest BCUT2D eigenvalue weighted by Gasteiger charge is 2.22. The first-order chi connectivity index (χ1) is 11.7. The molecule has 0 saturated carbocycles. The second-order valence-electron chi connectivity index (χ2n) is 7.12. The van der Waals surface area contributed by atoms with Crippen molar-refractivity contribution in [3.05, 3.63) is 0 Å². The third-order valence-electron chi connectivity index (χ3n) is 5.20. The number of hydrogen-bond acceptors (Lipinski definition) is 4. The molecular formula is C18H37N5S. The molecule has 0 aliphatic carbocycles. The third kappa shape index (κ3) is 6.12. The Morgan fingerprint density at radius 3 is 2.50 bits per heavy atom. The van der Waals surface area contributed by atoms with Gasteiger partial charge >= 0.3 is 0 Å². The summed E-state index contributed by atoms with van der Waals surface area (Å²) in [4.78, 5) is 12.1. The Bertz CT molecular complexity index is 382. The summed E-state index contributed by atoms with van der Waals surface area (Å²) >= 11 is 2.11. The number of piperazine rings is 1. The SMILES string of the molecule is CCC1CN(C(=NC)NCC(C)CN2CCN(CC)CC2)CCS1. The van der Waals surface area contributed by atoms with E-state index in [-0.39, 0.29) is 0 Å². The smallest absolute Gasteiger partial charge is 0.193 e. The van der Waals surface area contributed by atoms with Gasteiger partial charge in [-0.2, -0.15) is 11.8 Å². The van der Waals surface area contributed by atoms with Gasteiger partial charge < -0.3 is 20.0 Å². The molecule has 2 unspecified atom stereocenters. The van der Waals surface area contributed by atoms with E-state index in [1.165, 1.54) is 51.4 Å². The van der Waals surface area contributed by atoms with Crippen molar-refractivity contribution >= 4 is 17.7 Å². The zero-order chi connectivity index (χ0) is 17.4. The molecule has 1 N–H and O–H groups in total. The fraction of sp³-hybridized carbons (Fsp3) is 0.944. The van der Waals surface area contributed by atoms with Gasteiger partial charge in [-0.1, -0.05) is 20.8 Å². The van der Waals surface area contributed by atoms with Crippen LogP contribution in [0.4, 0.5) is 0 Å². The Balaban J connectivity index is 1.70. The van der Waals surface area contributed by atoms with Crippen molar-refractivity contribution in [1.29, 1.82) is 0 Å². The van der Waals surface area contributed by atoms with Crippen LogP contribution >= 0.6 is 11.8 Å². The molecule has 0 spiro atoms. The average molecular weight is 356 g/mol. The van der Waals surface area contributed by atoms with Gasteiger partial charge in [0.2, 0.25) is 0 Å². The first-order valence-electron chi connectivity index (χ1n) is 9.68. The molecule has 0 aromatic carbocycles. The van der Waals surface area contributed by atoms with Crippen LogP contribution in [-0.4, -0.2) is 97.6 Å². The van der Waals surface area contributed by atoms with Crippen molar-refractivity contribution in [2.75, 3.05) is 71.7 Å². The summed E-state index contributed by atoms with van der Waals surface area (Å²) in [6, 6.07) is 0. The van der Waals surface area contributed by atoms with Gasteiger partial charge in [0.05, 0.1) is 0 Å². The quantitative estimate of drug-likeness (QED) is 0.579. The molecule has 140 valence electrons. The van der Waals surface area contributed by atoms with E-state index in [0.29, 0.717) is 5.92 Å². The predicted molar refractivity (Wildman–Crippen MR) is 107 cm³/mol. The highest BCUT2D eigenvalue weighted by Crippen LogP contribution is 2.21. The summed E-state index contributed by atoms with van der Waals surface area (Å²) in [7, 11) is 1.92. The Kier molecular flexibility index (Phi) is 8.70. The zero-order valence-electron chi connectivity index (χ0n) is 16.1. The lowest BCUT2D eigenvalue weighted by Gasteiger charge is -2.36. The van der Waals surface area contributed by atoms with Crippen molar-refractivity contribution in [2.45, 2.75) is 32.4 Å². The summed E-state index contributed by atoms with van der Waals surface area (Å²) in [5.74, 6) is 2.96. The van der Waals surface area contributed by atoms with Crippen LogP contribution in [0.5, 0.6) is 0 Å². The lowest BCUT2D eigenvalue weighted by Crippen LogP contribution is -2.50. The summed E-state index contributed by atoms with van der Waals surface area (Å²) in [6.45, 7) is 17.4. The summed E-state index contributed by atoms with van der Waals surface area (Å²) in [5.41, 5.74) is 0. The van der Waals surface area contributed by atoms with Crippen LogP contribution in [0.1, 0.15) is 27.2 Å². The van der Waals surface area contributed by atoms with Gasteiger partial charge in [0.1, 0.15) is 0 Å². The molecule has 24 heavy (non-hydrogen) atoms. The minimum absolute atomic E-state index is 0.649. The highest BCUT2D eigenvalue weighted by atomic mass is 32.2. The van der Waals surface area contributed by atoms with Crippen molar-refractivity contribution in [3.8, 4) is 0 Å². The average Bonchev–Trinajstić information content (AvgIpc) is 2.63. The molecule has 0 amide bonds. The van der Waals surface area contributed by atoms with E-state index in [4.69, 9.17) is 0 Å². The summed E-state index contributed by atoms with van der Waals surface area (Å²) in [6.07, 6.45) is 1.25. The van der Waals surface area contributed by atoms with Crippen LogP contribution in [0.3, 0.4) is 0 Å². The Morgan fingerprint density at radius 1 is 1.17 bits per heavy atom. The molecule has 2 fully saturated rings. The number of guanidine groups is 1. The van der Waals surface area contributed by atoms with E-state index in [0.717, 1.165) is 30.8 Å². The Hall–Kier alpha value is -0.460. The predicted octanol–water partition coefficient (Wildman–Crippen LogP) is 1.66. The van der Waals surface area contributed by atoms with Gasteiger partial charge in [-0.3, -0.25) is 4.99 Å². The van der Waals surface area contributed by atoms with Gasteiger partial charge in [-0.15, -0.1) is 0 Å². The van der Waals surface area contributed by atoms with Gasteiger partial charge in [-0.25, -0.2) is 0 Å². The molecule has 2 atom stereocenters. The lowest BCUT2D eigenvalue weighted by atomic mass is 10.1. The van der Waals surface area contributed by atoms with Crippen LogP contribution < -0.4 is 5.32 Å². The molecule has 2 aliphatic rings. The number of rotatable bonds is 6. The molecule has 5 nitrogen and oxygen atoms in total. The second-order valence-corrected chi connectivity index (χ2v) is 8.52.